The first-order valence-electron chi connectivity index (χ1n) is 8.61. The van der Waals surface area contributed by atoms with E-state index >= 15 is 0 Å². The van der Waals surface area contributed by atoms with Crippen LogP contribution < -0.4 is 14.8 Å². The zero-order valence-electron chi connectivity index (χ0n) is 15.7. The van der Waals surface area contributed by atoms with Crippen LogP contribution in [0.1, 0.15) is 47.3 Å². The van der Waals surface area contributed by atoms with Crippen LogP contribution in [0.2, 0.25) is 0 Å². The maximum absolute atomic E-state index is 12.3. The molecule has 0 aromatic heterocycles. The van der Waals surface area contributed by atoms with E-state index in [9.17, 15) is 4.79 Å². The third-order valence-corrected chi connectivity index (χ3v) is 4.12. The third-order valence-electron chi connectivity index (χ3n) is 4.12. The number of hydrogen-bond acceptors (Lipinski definition) is 3. The molecule has 1 unspecified atom stereocenters. The Kier molecular flexibility index (Phi) is 6.45. The summed E-state index contributed by atoms with van der Waals surface area (Å²) < 4.78 is 11.3. The van der Waals surface area contributed by atoms with Gasteiger partial charge in [0.25, 0.3) is 5.91 Å². The molecular weight excluding hydrogens is 314 g/mol. The summed E-state index contributed by atoms with van der Waals surface area (Å²) in [7, 11) is 1.62. The molecule has 0 spiro atoms. The van der Waals surface area contributed by atoms with Gasteiger partial charge < -0.3 is 14.8 Å². The molecule has 0 aliphatic heterocycles. The second-order valence-electron chi connectivity index (χ2n) is 6.42. The molecule has 1 amide bonds. The van der Waals surface area contributed by atoms with Gasteiger partial charge in [-0.05, 0) is 68.7 Å². The van der Waals surface area contributed by atoms with E-state index in [4.69, 9.17) is 9.47 Å². The third kappa shape index (κ3) is 5.24. The lowest BCUT2D eigenvalue weighted by atomic mass is 10.1. The van der Waals surface area contributed by atoms with Gasteiger partial charge in [-0.2, -0.15) is 0 Å². The molecule has 134 valence electrons. The van der Waals surface area contributed by atoms with Gasteiger partial charge in [-0.15, -0.1) is 0 Å². The average molecular weight is 341 g/mol. The molecule has 25 heavy (non-hydrogen) atoms. The van der Waals surface area contributed by atoms with Gasteiger partial charge in [0, 0.05) is 17.2 Å². The summed E-state index contributed by atoms with van der Waals surface area (Å²) >= 11 is 0. The van der Waals surface area contributed by atoms with Crippen molar-refractivity contribution in [2.24, 2.45) is 0 Å². The quantitative estimate of drug-likeness (QED) is 0.811. The highest BCUT2D eigenvalue weighted by atomic mass is 16.5. The smallest absolute Gasteiger partial charge is 0.251 e. The Labute approximate surface area is 150 Å². The van der Waals surface area contributed by atoms with Gasteiger partial charge in [-0.1, -0.05) is 13.0 Å². The fraction of sp³-hybridized carbons (Fsp3) is 0.381. The number of ether oxygens (including phenoxy) is 2. The molecule has 0 saturated heterocycles. The summed E-state index contributed by atoms with van der Waals surface area (Å²) in [4.78, 5) is 12.3. The number of methoxy groups -OCH3 is 1. The van der Waals surface area contributed by atoms with E-state index in [-0.39, 0.29) is 11.9 Å². The van der Waals surface area contributed by atoms with Crippen LogP contribution in [0.4, 0.5) is 0 Å². The highest BCUT2D eigenvalue weighted by Gasteiger charge is 2.12. The number of benzene rings is 2. The largest absolute Gasteiger partial charge is 0.496 e. The van der Waals surface area contributed by atoms with E-state index in [0.29, 0.717) is 17.9 Å². The van der Waals surface area contributed by atoms with E-state index in [2.05, 4.69) is 11.4 Å². The molecule has 0 fully saturated rings. The van der Waals surface area contributed by atoms with Gasteiger partial charge in [0.1, 0.15) is 18.1 Å². The number of rotatable bonds is 7. The van der Waals surface area contributed by atoms with Crippen LogP contribution in [0.25, 0.3) is 0 Å². The molecule has 0 saturated carbocycles. The van der Waals surface area contributed by atoms with E-state index in [0.717, 1.165) is 28.9 Å². The van der Waals surface area contributed by atoms with Crippen LogP contribution in [-0.2, 0) is 6.61 Å². The molecular formula is C21H27NO3. The topological polar surface area (TPSA) is 47.6 Å². The number of hydrogen-bond donors (Lipinski definition) is 1. The van der Waals surface area contributed by atoms with Crippen molar-refractivity contribution in [3.05, 3.63) is 58.7 Å². The molecule has 0 bridgehead atoms. The molecule has 0 aliphatic rings. The molecule has 4 heteroatoms. The zero-order valence-corrected chi connectivity index (χ0v) is 15.7. The number of nitrogens with one attached hydrogen (secondary N) is 1. The molecule has 0 radical (unpaired) electrons. The summed E-state index contributed by atoms with van der Waals surface area (Å²) in [6.45, 7) is 8.46. The van der Waals surface area contributed by atoms with Crippen molar-refractivity contribution in [1.29, 1.82) is 0 Å². The minimum Gasteiger partial charge on any atom is -0.496 e. The predicted octanol–water partition coefficient (Wildman–Crippen LogP) is 4.42. The number of aryl methyl sites for hydroxylation is 2. The molecule has 0 aliphatic carbocycles. The van der Waals surface area contributed by atoms with E-state index in [1.54, 1.807) is 13.2 Å². The van der Waals surface area contributed by atoms with Crippen molar-refractivity contribution < 1.29 is 14.3 Å². The summed E-state index contributed by atoms with van der Waals surface area (Å²) in [6, 6.07) is 11.7. The van der Waals surface area contributed by atoms with Crippen molar-refractivity contribution in [3.8, 4) is 11.5 Å². The standard InChI is InChI=1S/C21H27NO3/c1-6-16(4)22-21(23)17-7-8-20(24-5)18(12-17)13-25-19-10-14(2)9-15(3)11-19/h7-12,16H,6,13H2,1-5H3,(H,22,23). The summed E-state index contributed by atoms with van der Waals surface area (Å²) in [5.41, 5.74) is 3.77. The highest BCUT2D eigenvalue weighted by Crippen LogP contribution is 2.23. The van der Waals surface area contributed by atoms with Crippen LogP contribution in [0.3, 0.4) is 0 Å². The first kappa shape index (κ1) is 18.8. The van der Waals surface area contributed by atoms with Gasteiger partial charge in [-0.25, -0.2) is 0 Å². The molecule has 2 aromatic rings. The molecule has 2 aromatic carbocycles. The van der Waals surface area contributed by atoms with Crippen LogP contribution in [0.15, 0.2) is 36.4 Å². The first-order chi connectivity index (χ1) is 11.9. The van der Waals surface area contributed by atoms with Crippen molar-refractivity contribution in [2.45, 2.75) is 46.8 Å². The Hall–Kier alpha value is -2.49. The Balaban J connectivity index is 2.17. The van der Waals surface area contributed by atoms with Gasteiger partial charge >= 0.3 is 0 Å². The summed E-state index contributed by atoms with van der Waals surface area (Å²) in [5, 5.41) is 2.98. The van der Waals surface area contributed by atoms with Gasteiger partial charge in [0.05, 0.1) is 7.11 Å². The SMILES string of the molecule is CCC(C)NC(=O)c1ccc(OC)c(COc2cc(C)cc(C)c2)c1. The minimum atomic E-state index is -0.0790. The molecule has 1 N–H and O–H groups in total. The minimum absolute atomic E-state index is 0.0790. The van der Waals surface area contributed by atoms with Crippen LogP contribution in [0, 0.1) is 13.8 Å². The molecule has 1 atom stereocenters. The zero-order chi connectivity index (χ0) is 18.4. The van der Waals surface area contributed by atoms with Crippen LogP contribution in [0.5, 0.6) is 11.5 Å². The Bertz CT molecular complexity index is 720. The van der Waals surface area contributed by atoms with Crippen molar-refractivity contribution in [3.63, 3.8) is 0 Å². The van der Waals surface area contributed by atoms with Crippen molar-refractivity contribution >= 4 is 5.91 Å². The first-order valence-corrected chi connectivity index (χ1v) is 8.61. The maximum atomic E-state index is 12.3. The van der Waals surface area contributed by atoms with Crippen molar-refractivity contribution in [1.82, 2.24) is 5.32 Å². The number of amides is 1. The Morgan fingerprint density at radius 2 is 1.80 bits per heavy atom. The lowest BCUT2D eigenvalue weighted by molar-refractivity contribution is 0.0939. The molecule has 4 nitrogen and oxygen atoms in total. The van der Waals surface area contributed by atoms with Crippen molar-refractivity contribution in [2.75, 3.05) is 7.11 Å². The Morgan fingerprint density at radius 3 is 2.40 bits per heavy atom. The van der Waals surface area contributed by atoms with Gasteiger partial charge in [-0.3, -0.25) is 4.79 Å². The fourth-order valence-electron chi connectivity index (χ4n) is 2.62. The second kappa shape index (κ2) is 8.56. The second-order valence-corrected chi connectivity index (χ2v) is 6.42. The lowest BCUT2D eigenvalue weighted by Gasteiger charge is -2.15. The average Bonchev–Trinajstić information content (AvgIpc) is 2.58. The van der Waals surface area contributed by atoms with Gasteiger partial charge in [0.2, 0.25) is 0 Å². The Morgan fingerprint density at radius 1 is 1.12 bits per heavy atom. The van der Waals surface area contributed by atoms with Crippen LogP contribution >= 0.6 is 0 Å². The lowest BCUT2D eigenvalue weighted by Crippen LogP contribution is -2.31. The molecule has 2 rings (SSSR count). The van der Waals surface area contributed by atoms with E-state index in [1.807, 2.05) is 52.0 Å². The monoisotopic (exact) mass is 341 g/mol. The van der Waals surface area contributed by atoms with Gasteiger partial charge in [0.15, 0.2) is 0 Å². The normalized spacial score (nSPS) is 11.7. The number of carbonyl (C=O) groups excluding carboxylic acids is 1. The van der Waals surface area contributed by atoms with E-state index in [1.165, 1.54) is 0 Å². The van der Waals surface area contributed by atoms with E-state index < -0.39 is 0 Å². The highest BCUT2D eigenvalue weighted by molar-refractivity contribution is 5.94. The fourth-order valence-corrected chi connectivity index (χ4v) is 2.62. The number of carbonyl (C=O) groups is 1. The molecule has 0 heterocycles. The maximum Gasteiger partial charge on any atom is 0.251 e. The predicted molar refractivity (Wildman–Crippen MR) is 100 cm³/mol. The summed E-state index contributed by atoms with van der Waals surface area (Å²) in [6.07, 6.45) is 0.893. The summed E-state index contributed by atoms with van der Waals surface area (Å²) in [5.74, 6) is 1.45. The van der Waals surface area contributed by atoms with Crippen LogP contribution in [-0.4, -0.2) is 19.1 Å².